The Hall–Kier alpha value is -1.26. The van der Waals surface area contributed by atoms with Crippen molar-refractivity contribution in [1.82, 2.24) is 9.55 Å². The average molecular weight is 286 g/mol. The molecule has 0 aliphatic rings. The minimum atomic E-state index is -0.913. The number of benzene rings is 1. The Kier molecular flexibility index (Phi) is 3.25. The summed E-state index contributed by atoms with van der Waals surface area (Å²) in [5, 5.41) is 0.574. The van der Waals surface area contributed by atoms with Crippen LogP contribution in [0.15, 0.2) is 18.2 Å². The summed E-state index contributed by atoms with van der Waals surface area (Å²) in [5.41, 5.74) is 6.03. The van der Waals surface area contributed by atoms with E-state index in [9.17, 15) is 4.79 Å². The van der Waals surface area contributed by atoms with Gasteiger partial charge in [0, 0.05) is 5.02 Å². The molecule has 4 nitrogen and oxygen atoms in total. The Balaban J connectivity index is 2.82. The molecule has 2 aromatic rings. The number of alkyl halides is 1. The van der Waals surface area contributed by atoms with Gasteiger partial charge in [-0.15, -0.1) is 11.6 Å². The van der Waals surface area contributed by atoms with Crippen LogP contribution in [0.5, 0.6) is 0 Å². The lowest BCUT2D eigenvalue weighted by Crippen LogP contribution is -2.41. The first-order valence-corrected chi connectivity index (χ1v) is 6.32. The maximum Gasteiger partial charge on any atom is 0.243 e. The van der Waals surface area contributed by atoms with E-state index < -0.39 is 11.4 Å². The molecular formula is C12H13Cl2N3O. The lowest BCUT2D eigenvalue weighted by atomic mass is 10.0. The topological polar surface area (TPSA) is 60.9 Å². The monoisotopic (exact) mass is 285 g/mol. The number of nitrogens with two attached hydrogens (primary N) is 1. The largest absolute Gasteiger partial charge is 0.368 e. The highest BCUT2D eigenvalue weighted by Gasteiger charge is 2.31. The van der Waals surface area contributed by atoms with Crippen molar-refractivity contribution in [2.75, 3.05) is 0 Å². The van der Waals surface area contributed by atoms with E-state index in [-0.39, 0.29) is 5.88 Å². The summed E-state index contributed by atoms with van der Waals surface area (Å²) in [6.45, 7) is 3.46. The third-order valence-electron chi connectivity index (χ3n) is 2.97. The summed E-state index contributed by atoms with van der Waals surface area (Å²) in [5.74, 6) is 0.342. The third-order valence-corrected chi connectivity index (χ3v) is 3.44. The normalized spacial score (nSPS) is 12.0. The number of halogens is 2. The van der Waals surface area contributed by atoms with Crippen LogP contribution in [0.1, 0.15) is 19.7 Å². The second-order valence-corrected chi connectivity index (χ2v) is 5.26. The number of carbonyl (C=O) groups excluding carboxylic acids is 1. The molecule has 0 unspecified atom stereocenters. The van der Waals surface area contributed by atoms with Gasteiger partial charge in [0.15, 0.2) is 0 Å². The number of hydrogen-bond donors (Lipinski definition) is 1. The molecule has 0 saturated carbocycles. The van der Waals surface area contributed by atoms with Gasteiger partial charge in [-0.1, -0.05) is 11.6 Å². The number of nitrogens with zero attached hydrogens (tertiary/aromatic N) is 2. The number of hydrogen-bond acceptors (Lipinski definition) is 2. The molecule has 0 radical (unpaired) electrons. The zero-order valence-electron chi connectivity index (χ0n) is 10.1. The zero-order valence-corrected chi connectivity index (χ0v) is 11.6. The van der Waals surface area contributed by atoms with Crippen LogP contribution in [0.2, 0.25) is 5.02 Å². The molecule has 0 spiro atoms. The molecule has 2 N–H and O–H groups in total. The molecule has 0 saturated heterocycles. The Morgan fingerprint density at radius 3 is 2.72 bits per heavy atom. The Morgan fingerprint density at radius 1 is 1.50 bits per heavy atom. The minimum absolute atomic E-state index is 0.197. The fourth-order valence-corrected chi connectivity index (χ4v) is 2.27. The lowest BCUT2D eigenvalue weighted by Gasteiger charge is -2.25. The van der Waals surface area contributed by atoms with E-state index in [0.29, 0.717) is 10.8 Å². The van der Waals surface area contributed by atoms with Gasteiger partial charge in [0.1, 0.15) is 11.4 Å². The van der Waals surface area contributed by atoms with Crippen molar-refractivity contribution in [3.63, 3.8) is 0 Å². The van der Waals surface area contributed by atoms with E-state index in [0.717, 1.165) is 11.0 Å². The molecule has 6 heteroatoms. The minimum Gasteiger partial charge on any atom is -0.368 e. The number of aromatic nitrogens is 2. The van der Waals surface area contributed by atoms with Crippen molar-refractivity contribution >= 4 is 40.1 Å². The predicted octanol–water partition coefficient (Wildman–Crippen LogP) is 2.65. The molecule has 2 rings (SSSR count). The second kappa shape index (κ2) is 4.44. The van der Waals surface area contributed by atoms with Gasteiger partial charge in [0.2, 0.25) is 5.91 Å². The van der Waals surface area contributed by atoms with Gasteiger partial charge in [0.25, 0.3) is 0 Å². The van der Waals surface area contributed by atoms with Crippen molar-refractivity contribution in [1.29, 1.82) is 0 Å². The van der Waals surface area contributed by atoms with Crippen LogP contribution >= 0.6 is 23.2 Å². The summed E-state index contributed by atoms with van der Waals surface area (Å²) in [4.78, 5) is 16.0. The fraction of sp³-hybridized carbons (Fsp3) is 0.333. The molecule has 1 aromatic carbocycles. The first-order valence-electron chi connectivity index (χ1n) is 5.41. The Morgan fingerprint density at radius 2 is 2.17 bits per heavy atom. The van der Waals surface area contributed by atoms with E-state index in [1.165, 1.54) is 0 Å². The van der Waals surface area contributed by atoms with Gasteiger partial charge in [0.05, 0.1) is 16.9 Å². The van der Waals surface area contributed by atoms with Gasteiger partial charge in [-0.25, -0.2) is 4.98 Å². The van der Waals surface area contributed by atoms with E-state index in [2.05, 4.69) is 4.98 Å². The molecule has 0 bridgehead atoms. The van der Waals surface area contributed by atoms with Crippen molar-refractivity contribution in [3.05, 3.63) is 29.0 Å². The average Bonchev–Trinajstić information content (AvgIpc) is 2.66. The highest BCUT2D eigenvalue weighted by atomic mass is 35.5. The fourth-order valence-electron chi connectivity index (χ4n) is 1.92. The Bertz CT molecular complexity index is 619. The first kappa shape index (κ1) is 13.2. The van der Waals surface area contributed by atoms with Crippen LogP contribution in [0.25, 0.3) is 11.0 Å². The van der Waals surface area contributed by atoms with Crippen LogP contribution in [0.3, 0.4) is 0 Å². The molecular weight excluding hydrogens is 273 g/mol. The van der Waals surface area contributed by atoms with Crippen molar-refractivity contribution in [2.45, 2.75) is 25.3 Å². The molecule has 0 aliphatic carbocycles. The molecule has 0 atom stereocenters. The van der Waals surface area contributed by atoms with Gasteiger partial charge in [-0.3, -0.25) is 4.79 Å². The summed E-state index contributed by atoms with van der Waals surface area (Å²) in [7, 11) is 0. The molecule has 1 heterocycles. The predicted molar refractivity (Wildman–Crippen MR) is 72.8 cm³/mol. The first-order chi connectivity index (χ1) is 8.37. The third kappa shape index (κ3) is 1.95. The number of fused-ring (bicyclic) bond motifs is 1. The van der Waals surface area contributed by atoms with E-state index in [1.807, 2.05) is 0 Å². The van der Waals surface area contributed by atoms with E-state index in [4.69, 9.17) is 28.9 Å². The lowest BCUT2D eigenvalue weighted by molar-refractivity contribution is -0.125. The van der Waals surface area contributed by atoms with Crippen LogP contribution in [0, 0.1) is 0 Å². The molecule has 96 valence electrons. The Labute approximate surface area is 115 Å². The van der Waals surface area contributed by atoms with Gasteiger partial charge < -0.3 is 10.3 Å². The summed E-state index contributed by atoms with van der Waals surface area (Å²) < 4.78 is 1.74. The summed E-state index contributed by atoms with van der Waals surface area (Å²) in [6.07, 6.45) is 0. The van der Waals surface area contributed by atoms with E-state index >= 15 is 0 Å². The molecule has 1 amide bonds. The highest BCUT2D eigenvalue weighted by Crippen LogP contribution is 2.28. The molecule has 1 aromatic heterocycles. The van der Waals surface area contributed by atoms with Crippen LogP contribution < -0.4 is 5.73 Å². The zero-order chi connectivity index (χ0) is 13.5. The number of primary amides is 1. The highest BCUT2D eigenvalue weighted by molar-refractivity contribution is 6.31. The second-order valence-electron chi connectivity index (χ2n) is 4.55. The van der Waals surface area contributed by atoms with Crippen molar-refractivity contribution in [3.8, 4) is 0 Å². The molecule has 18 heavy (non-hydrogen) atoms. The van der Waals surface area contributed by atoms with Crippen LogP contribution in [-0.2, 0) is 16.2 Å². The summed E-state index contributed by atoms with van der Waals surface area (Å²) >= 11 is 11.9. The number of amides is 1. The number of carbonyl (C=O) groups is 1. The molecule has 0 fully saturated rings. The van der Waals surface area contributed by atoms with Crippen molar-refractivity contribution < 1.29 is 4.79 Å². The maximum absolute atomic E-state index is 11.6. The number of rotatable bonds is 3. The number of imidazole rings is 1. The quantitative estimate of drug-likeness (QED) is 0.882. The van der Waals surface area contributed by atoms with E-state index in [1.54, 1.807) is 36.6 Å². The standard InChI is InChI=1S/C12H13Cl2N3O/c1-12(2,11(15)18)17-9-5-7(14)3-4-8(9)16-10(17)6-13/h3-5H,6H2,1-2H3,(H2,15,18). The van der Waals surface area contributed by atoms with Gasteiger partial charge in [-0.2, -0.15) is 0 Å². The van der Waals surface area contributed by atoms with Crippen LogP contribution in [-0.4, -0.2) is 15.5 Å². The van der Waals surface area contributed by atoms with Gasteiger partial charge >= 0.3 is 0 Å². The molecule has 0 aliphatic heterocycles. The van der Waals surface area contributed by atoms with Gasteiger partial charge in [-0.05, 0) is 32.0 Å². The smallest absolute Gasteiger partial charge is 0.243 e. The summed E-state index contributed by atoms with van der Waals surface area (Å²) in [6, 6.07) is 5.29. The SMILES string of the molecule is CC(C)(C(N)=O)n1c(CCl)nc2ccc(Cl)cc21. The van der Waals surface area contributed by atoms with Crippen LogP contribution in [0.4, 0.5) is 0 Å². The maximum atomic E-state index is 11.6. The van der Waals surface area contributed by atoms with Crippen molar-refractivity contribution in [2.24, 2.45) is 5.73 Å².